The van der Waals surface area contributed by atoms with Crippen LogP contribution in [-0.2, 0) is 6.54 Å². The second-order valence-corrected chi connectivity index (χ2v) is 10.6. The first-order valence-corrected chi connectivity index (χ1v) is 13.0. The van der Waals surface area contributed by atoms with Gasteiger partial charge in [-0.25, -0.2) is 4.98 Å². The number of carbonyl (C=O) groups is 1. The molecule has 2 aliphatic rings. The molecule has 2 aromatic carbocycles. The summed E-state index contributed by atoms with van der Waals surface area (Å²) in [5.74, 6) is -0.0482. The van der Waals surface area contributed by atoms with E-state index >= 15 is 0 Å². The highest BCUT2D eigenvalue weighted by atomic mass is 32.1. The zero-order valence-corrected chi connectivity index (χ0v) is 20.8. The second-order valence-electron chi connectivity index (χ2n) is 9.46. The number of nitrogens with one attached hydrogen (secondary N) is 3. The Labute approximate surface area is 205 Å². The number of amides is 1. The Bertz CT molecular complexity index is 1150. The lowest BCUT2D eigenvalue weighted by molar-refractivity contribution is 0.0939. The molecule has 1 aromatic heterocycles. The Morgan fingerprint density at radius 1 is 1.21 bits per heavy atom. The van der Waals surface area contributed by atoms with Crippen LogP contribution in [-0.4, -0.2) is 48.0 Å². The lowest BCUT2D eigenvalue weighted by Gasteiger charge is -2.29. The molecule has 0 saturated carbocycles. The average molecular weight is 476 g/mol. The highest BCUT2D eigenvalue weighted by Crippen LogP contribution is 2.29. The van der Waals surface area contributed by atoms with Crippen LogP contribution in [0.5, 0.6) is 0 Å². The fourth-order valence-electron chi connectivity index (χ4n) is 4.56. The number of rotatable bonds is 8. The Kier molecular flexibility index (Phi) is 6.94. The van der Waals surface area contributed by atoms with Crippen molar-refractivity contribution in [1.82, 2.24) is 20.5 Å². The molecule has 0 aliphatic carbocycles. The summed E-state index contributed by atoms with van der Waals surface area (Å²) < 4.78 is 0. The topological polar surface area (TPSA) is 69.3 Å². The molecule has 34 heavy (non-hydrogen) atoms. The SMILES string of the molecule is Cc1ccc(NC2CNC2)cc1C(=O)NC(C)c1cccc(-c2ncc(CN3CCCC3)s2)c1. The first-order chi connectivity index (χ1) is 16.5. The van der Waals surface area contributed by atoms with Gasteiger partial charge in [-0.2, -0.15) is 0 Å². The molecule has 3 aromatic rings. The van der Waals surface area contributed by atoms with Crippen molar-refractivity contribution in [3.63, 3.8) is 0 Å². The van der Waals surface area contributed by atoms with Gasteiger partial charge in [0.1, 0.15) is 5.01 Å². The molecule has 0 bridgehead atoms. The summed E-state index contributed by atoms with van der Waals surface area (Å²) in [4.78, 5) is 21.6. The van der Waals surface area contributed by atoms with Gasteiger partial charge < -0.3 is 16.0 Å². The van der Waals surface area contributed by atoms with Gasteiger partial charge in [0.25, 0.3) is 5.91 Å². The minimum Gasteiger partial charge on any atom is -0.380 e. The number of hydrogen-bond acceptors (Lipinski definition) is 6. The number of hydrogen-bond donors (Lipinski definition) is 3. The fraction of sp³-hybridized carbons (Fsp3) is 0.407. The van der Waals surface area contributed by atoms with E-state index in [1.165, 1.54) is 30.8 Å². The molecule has 178 valence electrons. The summed E-state index contributed by atoms with van der Waals surface area (Å²) in [7, 11) is 0. The maximum atomic E-state index is 13.1. The van der Waals surface area contributed by atoms with Crippen LogP contribution in [0.25, 0.3) is 10.6 Å². The van der Waals surface area contributed by atoms with Crippen LogP contribution in [0.15, 0.2) is 48.7 Å². The van der Waals surface area contributed by atoms with Crippen molar-refractivity contribution < 1.29 is 4.79 Å². The van der Waals surface area contributed by atoms with Crippen LogP contribution < -0.4 is 16.0 Å². The summed E-state index contributed by atoms with van der Waals surface area (Å²) in [6.07, 6.45) is 4.62. The van der Waals surface area contributed by atoms with E-state index in [1.54, 1.807) is 11.3 Å². The van der Waals surface area contributed by atoms with Crippen LogP contribution >= 0.6 is 11.3 Å². The molecule has 2 fully saturated rings. The maximum absolute atomic E-state index is 13.1. The van der Waals surface area contributed by atoms with Gasteiger partial charge in [-0.15, -0.1) is 11.3 Å². The molecule has 2 aliphatic heterocycles. The normalized spacial score (nSPS) is 17.4. The van der Waals surface area contributed by atoms with E-state index in [9.17, 15) is 4.79 Å². The third-order valence-electron chi connectivity index (χ3n) is 6.75. The van der Waals surface area contributed by atoms with Gasteiger partial charge in [0.15, 0.2) is 0 Å². The predicted molar refractivity (Wildman–Crippen MR) is 139 cm³/mol. The first kappa shape index (κ1) is 23.0. The second kappa shape index (κ2) is 10.3. The minimum absolute atomic E-state index is 0.0482. The zero-order valence-electron chi connectivity index (χ0n) is 19.9. The first-order valence-electron chi connectivity index (χ1n) is 12.2. The number of aromatic nitrogens is 1. The Hall–Kier alpha value is -2.74. The van der Waals surface area contributed by atoms with Gasteiger partial charge >= 0.3 is 0 Å². The lowest BCUT2D eigenvalue weighted by atomic mass is 10.0. The molecule has 1 amide bonds. The summed E-state index contributed by atoms with van der Waals surface area (Å²) in [5.41, 5.74) is 4.86. The van der Waals surface area contributed by atoms with Crippen molar-refractivity contribution in [3.8, 4) is 10.6 Å². The lowest BCUT2D eigenvalue weighted by Crippen LogP contribution is -2.51. The van der Waals surface area contributed by atoms with Crippen LogP contribution in [0.1, 0.15) is 52.2 Å². The highest BCUT2D eigenvalue weighted by Gasteiger charge is 2.19. The van der Waals surface area contributed by atoms with E-state index in [-0.39, 0.29) is 11.9 Å². The number of nitrogens with zero attached hydrogens (tertiary/aromatic N) is 2. The fourth-order valence-corrected chi connectivity index (χ4v) is 5.51. The molecule has 6 nitrogen and oxygen atoms in total. The van der Waals surface area contributed by atoms with Gasteiger partial charge in [-0.1, -0.05) is 24.3 Å². The number of anilines is 1. The Morgan fingerprint density at radius 2 is 2.03 bits per heavy atom. The molecular formula is C27H33N5OS. The third kappa shape index (κ3) is 5.32. The van der Waals surface area contributed by atoms with Gasteiger partial charge in [-0.05, 0) is 69.1 Å². The maximum Gasteiger partial charge on any atom is 0.252 e. The van der Waals surface area contributed by atoms with E-state index < -0.39 is 0 Å². The Balaban J connectivity index is 1.26. The van der Waals surface area contributed by atoms with E-state index in [1.807, 2.05) is 38.2 Å². The third-order valence-corrected chi connectivity index (χ3v) is 7.78. The highest BCUT2D eigenvalue weighted by molar-refractivity contribution is 7.15. The number of carbonyl (C=O) groups excluding carboxylic acids is 1. The zero-order chi connectivity index (χ0) is 23.5. The Morgan fingerprint density at radius 3 is 2.79 bits per heavy atom. The van der Waals surface area contributed by atoms with Crippen molar-refractivity contribution in [1.29, 1.82) is 0 Å². The van der Waals surface area contributed by atoms with Crippen molar-refractivity contribution >= 4 is 22.9 Å². The van der Waals surface area contributed by atoms with Crippen LogP contribution in [0.2, 0.25) is 0 Å². The predicted octanol–water partition coefficient (Wildman–Crippen LogP) is 4.59. The molecule has 1 atom stereocenters. The van der Waals surface area contributed by atoms with Crippen molar-refractivity contribution in [2.75, 3.05) is 31.5 Å². The van der Waals surface area contributed by atoms with Gasteiger partial charge in [0.05, 0.1) is 12.1 Å². The molecule has 2 saturated heterocycles. The van der Waals surface area contributed by atoms with Crippen molar-refractivity contribution in [3.05, 3.63) is 70.2 Å². The van der Waals surface area contributed by atoms with Crippen molar-refractivity contribution in [2.45, 2.75) is 45.3 Å². The van der Waals surface area contributed by atoms with Gasteiger partial charge in [0, 0.05) is 47.5 Å². The summed E-state index contributed by atoms with van der Waals surface area (Å²) in [6.45, 7) is 9.32. The summed E-state index contributed by atoms with van der Waals surface area (Å²) >= 11 is 1.77. The molecule has 0 radical (unpaired) electrons. The van der Waals surface area contributed by atoms with Crippen LogP contribution in [0.4, 0.5) is 5.69 Å². The number of aryl methyl sites for hydroxylation is 1. The number of likely N-dealkylation sites (tertiary alicyclic amines) is 1. The molecule has 3 N–H and O–H groups in total. The van der Waals surface area contributed by atoms with Gasteiger partial charge in [-0.3, -0.25) is 9.69 Å². The molecule has 1 unspecified atom stereocenters. The average Bonchev–Trinajstić information content (AvgIpc) is 3.50. The number of benzene rings is 2. The van der Waals surface area contributed by atoms with Crippen LogP contribution in [0.3, 0.4) is 0 Å². The quantitative estimate of drug-likeness (QED) is 0.445. The van der Waals surface area contributed by atoms with Crippen molar-refractivity contribution in [2.24, 2.45) is 0 Å². The molecule has 5 rings (SSSR count). The summed E-state index contributed by atoms with van der Waals surface area (Å²) in [6, 6.07) is 14.7. The minimum atomic E-state index is -0.108. The number of thiazole rings is 1. The standard InChI is InChI=1S/C27H33N5OS/c1-18-8-9-22(31-23-14-28-15-23)13-25(18)26(33)30-19(2)20-6-5-7-21(12-20)27-29-16-24(34-27)17-32-10-3-4-11-32/h5-9,12-13,16,19,23,28,31H,3-4,10-11,14-15,17H2,1-2H3,(H,30,33). The van der Waals surface area contributed by atoms with E-state index in [0.29, 0.717) is 11.6 Å². The van der Waals surface area contributed by atoms with Crippen LogP contribution in [0, 0.1) is 6.92 Å². The summed E-state index contributed by atoms with van der Waals surface area (Å²) in [5, 5.41) is 11.0. The van der Waals surface area contributed by atoms with E-state index in [2.05, 4.69) is 50.1 Å². The smallest absolute Gasteiger partial charge is 0.252 e. The molecule has 0 spiro atoms. The van der Waals surface area contributed by atoms with Gasteiger partial charge in [0.2, 0.25) is 0 Å². The molecule has 7 heteroatoms. The largest absolute Gasteiger partial charge is 0.380 e. The van der Waals surface area contributed by atoms with E-state index in [4.69, 9.17) is 0 Å². The molecule has 3 heterocycles. The molecular weight excluding hydrogens is 442 g/mol. The van der Waals surface area contributed by atoms with E-state index in [0.717, 1.165) is 47.0 Å². The monoisotopic (exact) mass is 475 g/mol.